The van der Waals surface area contributed by atoms with Crippen molar-refractivity contribution in [3.63, 3.8) is 0 Å². The summed E-state index contributed by atoms with van der Waals surface area (Å²) in [4.78, 5) is 16.0. The molecule has 0 spiro atoms. The first-order chi connectivity index (χ1) is 9.04. The molecule has 0 aromatic carbocycles. The van der Waals surface area contributed by atoms with Gasteiger partial charge >= 0.3 is 6.03 Å². The Morgan fingerprint density at radius 3 is 2.84 bits per heavy atom. The molecule has 19 heavy (non-hydrogen) atoms. The van der Waals surface area contributed by atoms with Gasteiger partial charge in [0.25, 0.3) is 0 Å². The van der Waals surface area contributed by atoms with Crippen LogP contribution < -0.4 is 10.6 Å². The third-order valence-corrected chi connectivity index (χ3v) is 3.45. The summed E-state index contributed by atoms with van der Waals surface area (Å²) in [5, 5.41) is 8.53. The van der Waals surface area contributed by atoms with E-state index >= 15 is 0 Å². The van der Waals surface area contributed by atoms with Crippen LogP contribution in [0.15, 0.2) is 21.9 Å². The highest BCUT2D eigenvalue weighted by molar-refractivity contribution is 7.09. The molecule has 0 aliphatic rings. The molecule has 2 amide bonds. The quantitative estimate of drug-likeness (QED) is 0.904. The lowest BCUT2D eigenvalue weighted by Gasteiger charge is -2.12. The molecule has 102 valence electrons. The van der Waals surface area contributed by atoms with E-state index in [-0.39, 0.29) is 12.1 Å². The van der Waals surface area contributed by atoms with Crippen LogP contribution in [0.1, 0.15) is 35.2 Å². The molecule has 0 bridgehead atoms. The van der Waals surface area contributed by atoms with Crippen molar-refractivity contribution in [1.82, 2.24) is 15.6 Å². The topological polar surface area (TPSA) is 67.2 Å². The van der Waals surface area contributed by atoms with E-state index in [0.717, 1.165) is 22.2 Å². The molecule has 2 aromatic rings. The zero-order chi connectivity index (χ0) is 13.8. The number of carbonyl (C=O) groups is 1. The number of amides is 2. The molecule has 6 heteroatoms. The number of urea groups is 1. The molecule has 2 aromatic heterocycles. The van der Waals surface area contributed by atoms with Gasteiger partial charge < -0.3 is 15.1 Å². The highest BCUT2D eigenvalue weighted by Crippen LogP contribution is 2.15. The SMILES string of the molecule is Cc1ccc(C(C)NC(=O)NCc2csc(C)n2)o1. The van der Waals surface area contributed by atoms with Gasteiger partial charge in [0.1, 0.15) is 11.5 Å². The molecule has 1 unspecified atom stereocenters. The molecule has 0 radical (unpaired) electrons. The van der Waals surface area contributed by atoms with Crippen LogP contribution in [0.25, 0.3) is 0 Å². The molecule has 0 saturated heterocycles. The second-order valence-corrected chi connectivity index (χ2v) is 5.42. The van der Waals surface area contributed by atoms with Crippen LogP contribution in [-0.4, -0.2) is 11.0 Å². The van der Waals surface area contributed by atoms with E-state index in [4.69, 9.17) is 4.42 Å². The van der Waals surface area contributed by atoms with Crippen LogP contribution in [0, 0.1) is 13.8 Å². The summed E-state index contributed by atoms with van der Waals surface area (Å²) in [7, 11) is 0. The minimum absolute atomic E-state index is 0.161. The Labute approximate surface area is 116 Å². The van der Waals surface area contributed by atoms with Crippen LogP contribution >= 0.6 is 11.3 Å². The van der Waals surface area contributed by atoms with Crippen molar-refractivity contribution in [3.05, 3.63) is 39.7 Å². The van der Waals surface area contributed by atoms with Gasteiger partial charge in [0.2, 0.25) is 0 Å². The molecule has 0 fully saturated rings. The fourth-order valence-corrected chi connectivity index (χ4v) is 2.28. The summed E-state index contributed by atoms with van der Waals surface area (Å²) >= 11 is 1.57. The minimum atomic E-state index is -0.229. The summed E-state index contributed by atoms with van der Waals surface area (Å²) in [5.74, 6) is 1.58. The van der Waals surface area contributed by atoms with Gasteiger partial charge in [-0.05, 0) is 32.9 Å². The van der Waals surface area contributed by atoms with Gasteiger partial charge in [0.05, 0.1) is 23.3 Å². The summed E-state index contributed by atoms with van der Waals surface area (Å²) < 4.78 is 5.46. The first-order valence-electron chi connectivity index (χ1n) is 6.06. The number of nitrogens with one attached hydrogen (secondary N) is 2. The minimum Gasteiger partial charge on any atom is -0.464 e. The smallest absolute Gasteiger partial charge is 0.315 e. The normalized spacial score (nSPS) is 12.2. The van der Waals surface area contributed by atoms with Crippen LogP contribution in [0.5, 0.6) is 0 Å². The molecule has 0 aliphatic heterocycles. The molecule has 2 rings (SSSR count). The maximum absolute atomic E-state index is 11.7. The average molecular weight is 279 g/mol. The van der Waals surface area contributed by atoms with Crippen LogP contribution in [0.4, 0.5) is 4.79 Å². The molecular formula is C13H17N3O2S. The van der Waals surface area contributed by atoms with Gasteiger partial charge in [-0.3, -0.25) is 0 Å². The van der Waals surface area contributed by atoms with E-state index in [1.807, 2.05) is 38.3 Å². The summed E-state index contributed by atoms with van der Waals surface area (Å²) in [6.07, 6.45) is 0. The molecule has 0 aliphatic carbocycles. The van der Waals surface area contributed by atoms with Gasteiger partial charge in [0, 0.05) is 5.38 Å². The Hall–Kier alpha value is -1.82. The monoisotopic (exact) mass is 279 g/mol. The lowest BCUT2D eigenvalue weighted by atomic mass is 10.2. The Kier molecular flexibility index (Phi) is 4.21. The largest absolute Gasteiger partial charge is 0.464 e. The number of rotatable bonds is 4. The number of aromatic nitrogens is 1. The second kappa shape index (κ2) is 5.88. The van der Waals surface area contributed by atoms with E-state index in [1.54, 1.807) is 11.3 Å². The summed E-state index contributed by atoms with van der Waals surface area (Å²) in [6.45, 7) is 6.13. The van der Waals surface area contributed by atoms with Crippen LogP contribution in [0.2, 0.25) is 0 Å². The Bertz CT molecular complexity index is 562. The van der Waals surface area contributed by atoms with Crippen LogP contribution in [-0.2, 0) is 6.54 Å². The Morgan fingerprint density at radius 2 is 2.26 bits per heavy atom. The number of carbonyl (C=O) groups excluding carboxylic acids is 1. The number of hydrogen-bond acceptors (Lipinski definition) is 4. The summed E-state index contributed by atoms with van der Waals surface area (Å²) in [5.41, 5.74) is 0.874. The molecular weight excluding hydrogens is 262 g/mol. The van der Waals surface area contributed by atoms with Crippen molar-refractivity contribution >= 4 is 17.4 Å². The molecule has 0 saturated carbocycles. The predicted octanol–water partition coefficient (Wildman–Crippen LogP) is 2.91. The number of aryl methyl sites for hydroxylation is 2. The van der Waals surface area contributed by atoms with Crippen molar-refractivity contribution in [1.29, 1.82) is 0 Å². The number of hydrogen-bond donors (Lipinski definition) is 2. The highest BCUT2D eigenvalue weighted by atomic mass is 32.1. The highest BCUT2D eigenvalue weighted by Gasteiger charge is 2.12. The fraction of sp³-hybridized carbons (Fsp3) is 0.385. The third-order valence-electron chi connectivity index (χ3n) is 2.63. The maximum atomic E-state index is 11.7. The Morgan fingerprint density at radius 1 is 1.47 bits per heavy atom. The maximum Gasteiger partial charge on any atom is 0.315 e. The van der Waals surface area contributed by atoms with Crippen molar-refractivity contribution in [2.45, 2.75) is 33.4 Å². The molecule has 1 atom stereocenters. The van der Waals surface area contributed by atoms with Crippen molar-refractivity contribution in [2.24, 2.45) is 0 Å². The van der Waals surface area contributed by atoms with E-state index in [9.17, 15) is 4.79 Å². The van der Waals surface area contributed by atoms with Gasteiger partial charge in [-0.1, -0.05) is 0 Å². The van der Waals surface area contributed by atoms with E-state index in [2.05, 4.69) is 15.6 Å². The van der Waals surface area contributed by atoms with E-state index in [0.29, 0.717) is 6.54 Å². The predicted molar refractivity (Wildman–Crippen MR) is 74.1 cm³/mol. The van der Waals surface area contributed by atoms with Crippen LogP contribution in [0.3, 0.4) is 0 Å². The standard InChI is InChI=1S/C13H17N3O2S/c1-8-4-5-12(18-8)9(2)15-13(17)14-6-11-7-19-10(3)16-11/h4-5,7,9H,6H2,1-3H3,(H2,14,15,17). The zero-order valence-electron chi connectivity index (χ0n) is 11.2. The molecule has 5 nitrogen and oxygen atoms in total. The van der Waals surface area contributed by atoms with Gasteiger partial charge in [-0.2, -0.15) is 0 Å². The lowest BCUT2D eigenvalue weighted by molar-refractivity contribution is 0.235. The third kappa shape index (κ3) is 3.82. The summed E-state index contributed by atoms with van der Waals surface area (Å²) in [6, 6.07) is 3.35. The van der Waals surface area contributed by atoms with E-state index < -0.39 is 0 Å². The lowest BCUT2D eigenvalue weighted by Crippen LogP contribution is -2.36. The molecule has 2 N–H and O–H groups in total. The van der Waals surface area contributed by atoms with Crippen molar-refractivity contribution in [3.8, 4) is 0 Å². The van der Waals surface area contributed by atoms with Crippen molar-refractivity contribution in [2.75, 3.05) is 0 Å². The number of nitrogens with zero attached hydrogens (tertiary/aromatic N) is 1. The second-order valence-electron chi connectivity index (χ2n) is 4.35. The first kappa shape index (κ1) is 13.6. The van der Waals surface area contributed by atoms with Gasteiger partial charge in [-0.25, -0.2) is 9.78 Å². The zero-order valence-corrected chi connectivity index (χ0v) is 12.0. The van der Waals surface area contributed by atoms with Gasteiger partial charge in [-0.15, -0.1) is 11.3 Å². The average Bonchev–Trinajstić information content (AvgIpc) is 2.95. The number of furan rings is 1. The van der Waals surface area contributed by atoms with E-state index in [1.165, 1.54) is 0 Å². The fourth-order valence-electron chi connectivity index (χ4n) is 1.67. The molecule has 2 heterocycles. The number of thiazole rings is 1. The Balaban J connectivity index is 1.81. The van der Waals surface area contributed by atoms with Crippen molar-refractivity contribution < 1.29 is 9.21 Å². The van der Waals surface area contributed by atoms with Gasteiger partial charge in [0.15, 0.2) is 0 Å². The first-order valence-corrected chi connectivity index (χ1v) is 6.94.